The standard InChI is InChI=1S/C19H31N3O4/c1-18(2,3)14-12-15(26-21-14)20-17(24)13-8-7-10-22(13)11-9-16(23)25-19(4,5)6/h12-13H,7-11H2,1-6H3,(H,20,24). The highest BCUT2D eigenvalue weighted by molar-refractivity contribution is 5.94. The molecule has 0 radical (unpaired) electrons. The Morgan fingerprint density at radius 3 is 2.58 bits per heavy atom. The normalized spacial score (nSPS) is 18.8. The van der Waals surface area contributed by atoms with E-state index in [9.17, 15) is 9.59 Å². The predicted molar refractivity (Wildman–Crippen MR) is 98.9 cm³/mol. The van der Waals surface area contributed by atoms with E-state index in [1.807, 2.05) is 46.4 Å². The maximum Gasteiger partial charge on any atom is 0.307 e. The highest BCUT2D eigenvalue weighted by Crippen LogP contribution is 2.25. The molecule has 1 amide bonds. The van der Waals surface area contributed by atoms with Gasteiger partial charge in [-0.15, -0.1) is 0 Å². The number of hydrogen-bond donors (Lipinski definition) is 1. The van der Waals surface area contributed by atoms with Crippen LogP contribution in [0.15, 0.2) is 10.6 Å². The Morgan fingerprint density at radius 1 is 1.31 bits per heavy atom. The van der Waals surface area contributed by atoms with Gasteiger partial charge >= 0.3 is 5.97 Å². The van der Waals surface area contributed by atoms with Gasteiger partial charge in [0.1, 0.15) is 5.60 Å². The summed E-state index contributed by atoms with van der Waals surface area (Å²) in [7, 11) is 0. The largest absolute Gasteiger partial charge is 0.460 e. The lowest BCUT2D eigenvalue weighted by atomic mass is 9.92. The number of amides is 1. The smallest absolute Gasteiger partial charge is 0.307 e. The Labute approximate surface area is 155 Å². The number of rotatable bonds is 5. The van der Waals surface area contributed by atoms with E-state index in [4.69, 9.17) is 9.26 Å². The van der Waals surface area contributed by atoms with Gasteiger partial charge in [-0.05, 0) is 40.2 Å². The van der Waals surface area contributed by atoms with Crippen LogP contribution in [0.25, 0.3) is 0 Å². The molecule has 1 aromatic rings. The number of carbonyl (C=O) groups excluding carboxylic acids is 2. The van der Waals surface area contributed by atoms with Gasteiger partial charge in [-0.2, -0.15) is 0 Å². The molecule has 0 aliphatic carbocycles. The van der Waals surface area contributed by atoms with Crippen molar-refractivity contribution in [2.45, 2.75) is 77.9 Å². The summed E-state index contributed by atoms with van der Waals surface area (Å²) in [6, 6.07) is 1.50. The van der Waals surface area contributed by atoms with Crippen LogP contribution in [0.2, 0.25) is 0 Å². The number of nitrogens with one attached hydrogen (secondary N) is 1. The first kappa shape index (κ1) is 20.4. The average molecular weight is 365 g/mol. The van der Waals surface area contributed by atoms with Crippen molar-refractivity contribution in [1.29, 1.82) is 0 Å². The van der Waals surface area contributed by atoms with Crippen LogP contribution in [0.3, 0.4) is 0 Å². The third-order valence-electron chi connectivity index (χ3n) is 4.21. The van der Waals surface area contributed by atoms with Crippen LogP contribution >= 0.6 is 0 Å². The molecular weight excluding hydrogens is 334 g/mol. The lowest BCUT2D eigenvalue weighted by Gasteiger charge is -2.24. The summed E-state index contributed by atoms with van der Waals surface area (Å²) >= 11 is 0. The van der Waals surface area contributed by atoms with Gasteiger partial charge < -0.3 is 9.26 Å². The zero-order valence-corrected chi connectivity index (χ0v) is 16.7. The maximum atomic E-state index is 12.6. The van der Waals surface area contributed by atoms with Gasteiger partial charge in [0.15, 0.2) is 0 Å². The molecule has 0 saturated carbocycles. The van der Waals surface area contributed by atoms with E-state index >= 15 is 0 Å². The predicted octanol–water partition coefficient (Wildman–Crippen LogP) is 3.11. The van der Waals surface area contributed by atoms with E-state index in [0.717, 1.165) is 25.1 Å². The first-order chi connectivity index (χ1) is 12.0. The molecule has 1 aromatic heterocycles. The fourth-order valence-corrected chi connectivity index (χ4v) is 2.91. The van der Waals surface area contributed by atoms with E-state index in [1.165, 1.54) is 0 Å². The lowest BCUT2D eigenvalue weighted by Crippen LogP contribution is -2.41. The van der Waals surface area contributed by atoms with Gasteiger partial charge in [-0.1, -0.05) is 25.9 Å². The van der Waals surface area contributed by atoms with Crippen LogP contribution in [-0.4, -0.2) is 46.7 Å². The van der Waals surface area contributed by atoms with Crippen molar-refractivity contribution in [2.24, 2.45) is 0 Å². The second-order valence-corrected chi connectivity index (χ2v) is 8.85. The van der Waals surface area contributed by atoms with E-state index in [0.29, 0.717) is 12.4 Å². The summed E-state index contributed by atoms with van der Waals surface area (Å²) in [5.74, 6) is -0.00386. The van der Waals surface area contributed by atoms with Crippen LogP contribution in [0.1, 0.15) is 66.5 Å². The van der Waals surface area contributed by atoms with Crippen molar-refractivity contribution in [3.63, 3.8) is 0 Å². The zero-order valence-electron chi connectivity index (χ0n) is 16.7. The summed E-state index contributed by atoms with van der Waals surface area (Å²) in [5.41, 5.74) is 0.163. The van der Waals surface area contributed by atoms with Crippen LogP contribution in [0.5, 0.6) is 0 Å². The zero-order chi connectivity index (χ0) is 19.5. The molecule has 1 atom stereocenters. The number of hydrogen-bond acceptors (Lipinski definition) is 6. The van der Waals surface area contributed by atoms with Gasteiger partial charge in [0, 0.05) is 18.0 Å². The van der Waals surface area contributed by atoms with Gasteiger partial charge in [0.05, 0.1) is 18.2 Å². The minimum Gasteiger partial charge on any atom is -0.460 e. The molecule has 1 unspecified atom stereocenters. The first-order valence-corrected chi connectivity index (χ1v) is 9.20. The number of likely N-dealkylation sites (tertiary alicyclic amines) is 1. The first-order valence-electron chi connectivity index (χ1n) is 9.20. The SMILES string of the molecule is CC(C)(C)OC(=O)CCN1CCCC1C(=O)Nc1cc(C(C)(C)C)no1. The van der Waals surface area contributed by atoms with Gasteiger partial charge in [-0.3, -0.25) is 19.8 Å². The van der Waals surface area contributed by atoms with Crippen molar-refractivity contribution < 1.29 is 18.8 Å². The molecule has 0 bridgehead atoms. The second kappa shape index (κ2) is 7.78. The summed E-state index contributed by atoms with van der Waals surface area (Å²) in [6.45, 7) is 12.9. The molecule has 0 spiro atoms. The van der Waals surface area contributed by atoms with Gasteiger partial charge in [0.25, 0.3) is 0 Å². The molecule has 7 nitrogen and oxygen atoms in total. The van der Waals surface area contributed by atoms with Crippen molar-refractivity contribution in [3.05, 3.63) is 11.8 Å². The van der Waals surface area contributed by atoms with Gasteiger partial charge in [0.2, 0.25) is 11.8 Å². The molecule has 1 N–H and O–H groups in total. The van der Waals surface area contributed by atoms with Crippen molar-refractivity contribution >= 4 is 17.8 Å². The van der Waals surface area contributed by atoms with Crippen LogP contribution < -0.4 is 5.32 Å². The minimum atomic E-state index is -0.490. The molecular formula is C19H31N3O4. The van der Waals surface area contributed by atoms with E-state index in [2.05, 4.69) is 10.5 Å². The third kappa shape index (κ3) is 5.83. The van der Waals surface area contributed by atoms with Gasteiger partial charge in [-0.25, -0.2) is 0 Å². The molecule has 1 fully saturated rings. The van der Waals surface area contributed by atoms with E-state index < -0.39 is 5.60 Å². The Balaban J connectivity index is 1.89. The minimum absolute atomic E-state index is 0.122. The van der Waals surface area contributed by atoms with Crippen LogP contribution in [0, 0.1) is 0 Å². The summed E-state index contributed by atoms with van der Waals surface area (Å²) in [5, 5.41) is 6.82. The number of esters is 1. The van der Waals surface area contributed by atoms with Crippen molar-refractivity contribution in [3.8, 4) is 0 Å². The topological polar surface area (TPSA) is 84.7 Å². The molecule has 1 aliphatic rings. The number of aromatic nitrogens is 1. The number of ether oxygens (including phenoxy) is 1. The Kier molecular flexibility index (Phi) is 6.11. The van der Waals surface area contributed by atoms with Crippen LogP contribution in [-0.2, 0) is 19.7 Å². The quantitative estimate of drug-likeness (QED) is 0.807. The average Bonchev–Trinajstić information content (AvgIpc) is 3.11. The highest BCUT2D eigenvalue weighted by atomic mass is 16.6. The molecule has 2 heterocycles. The molecule has 2 rings (SSSR count). The molecule has 26 heavy (non-hydrogen) atoms. The molecule has 146 valence electrons. The number of nitrogens with zero attached hydrogens (tertiary/aromatic N) is 2. The fourth-order valence-electron chi connectivity index (χ4n) is 2.91. The summed E-state index contributed by atoms with van der Waals surface area (Å²) in [6.07, 6.45) is 1.97. The third-order valence-corrected chi connectivity index (χ3v) is 4.21. The summed E-state index contributed by atoms with van der Waals surface area (Å²) < 4.78 is 10.6. The Hall–Kier alpha value is -1.89. The molecule has 7 heteroatoms. The summed E-state index contributed by atoms with van der Waals surface area (Å²) in [4.78, 5) is 26.5. The molecule has 1 saturated heterocycles. The Morgan fingerprint density at radius 2 is 2.00 bits per heavy atom. The molecule has 0 aromatic carbocycles. The maximum absolute atomic E-state index is 12.6. The highest BCUT2D eigenvalue weighted by Gasteiger charge is 2.32. The lowest BCUT2D eigenvalue weighted by molar-refractivity contribution is -0.155. The fraction of sp³-hybridized carbons (Fsp3) is 0.737. The number of anilines is 1. The molecule has 1 aliphatic heterocycles. The van der Waals surface area contributed by atoms with E-state index in [1.54, 1.807) is 6.07 Å². The second-order valence-electron chi connectivity index (χ2n) is 8.85. The monoisotopic (exact) mass is 365 g/mol. The van der Waals surface area contributed by atoms with Crippen molar-refractivity contribution in [1.82, 2.24) is 10.1 Å². The number of carbonyl (C=O) groups is 2. The van der Waals surface area contributed by atoms with Crippen molar-refractivity contribution in [2.75, 3.05) is 18.4 Å². The van der Waals surface area contributed by atoms with Crippen LogP contribution in [0.4, 0.5) is 5.88 Å². The van der Waals surface area contributed by atoms with E-state index in [-0.39, 0.29) is 29.8 Å². The Bertz CT molecular complexity index is 640.